The first-order chi connectivity index (χ1) is 8.26. The van der Waals surface area contributed by atoms with Crippen LogP contribution >= 0.6 is 0 Å². The molecule has 0 saturated carbocycles. The second-order valence-corrected chi connectivity index (χ2v) is 3.80. The van der Waals surface area contributed by atoms with E-state index in [1.807, 2.05) is 24.3 Å². The van der Waals surface area contributed by atoms with E-state index < -0.39 is 6.10 Å². The topological polar surface area (TPSA) is 47.9 Å². The zero-order chi connectivity index (χ0) is 12.5. The van der Waals surface area contributed by atoms with Crippen LogP contribution in [0.25, 0.3) is 0 Å². The Morgan fingerprint density at radius 3 is 2.47 bits per heavy atom. The Balaban J connectivity index is 2.17. The summed E-state index contributed by atoms with van der Waals surface area (Å²) in [4.78, 5) is 0. The van der Waals surface area contributed by atoms with E-state index in [4.69, 9.17) is 14.2 Å². The molecule has 1 aromatic carbocycles. The maximum Gasteiger partial charge on any atom is 0.118 e. The Bertz CT molecular complexity index is 297. The molecule has 0 fully saturated rings. The monoisotopic (exact) mass is 240 g/mol. The largest absolute Gasteiger partial charge is 0.497 e. The van der Waals surface area contributed by atoms with E-state index in [1.54, 1.807) is 14.2 Å². The lowest BCUT2D eigenvalue weighted by atomic mass is 10.2. The van der Waals surface area contributed by atoms with E-state index in [-0.39, 0.29) is 0 Å². The molecule has 0 bridgehead atoms. The lowest BCUT2D eigenvalue weighted by Gasteiger charge is -2.09. The zero-order valence-electron chi connectivity index (χ0n) is 10.4. The van der Waals surface area contributed by atoms with Gasteiger partial charge in [-0.3, -0.25) is 0 Å². The SMILES string of the molecule is COC[C@H](O)CCOCc1ccc(OC)cc1. The molecule has 0 amide bonds. The predicted molar refractivity (Wildman–Crippen MR) is 65.1 cm³/mol. The molecule has 1 N–H and O–H groups in total. The van der Waals surface area contributed by atoms with Gasteiger partial charge in [-0.05, 0) is 24.1 Å². The summed E-state index contributed by atoms with van der Waals surface area (Å²) in [6, 6.07) is 7.73. The lowest BCUT2D eigenvalue weighted by Crippen LogP contribution is -2.16. The fourth-order valence-electron chi connectivity index (χ4n) is 1.41. The molecule has 1 atom stereocenters. The average Bonchev–Trinajstić information content (AvgIpc) is 2.36. The van der Waals surface area contributed by atoms with Crippen LogP contribution in [0.3, 0.4) is 0 Å². The van der Waals surface area contributed by atoms with Crippen molar-refractivity contribution in [2.45, 2.75) is 19.1 Å². The number of benzene rings is 1. The molecular formula is C13H20O4. The molecule has 0 unspecified atom stereocenters. The number of aliphatic hydroxyl groups is 1. The Morgan fingerprint density at radius 2 is 1.88 bits per heavy atom. The molecule has 1 rings (SSSR count). The van der Waals surface area contributed by atoms with Crippen LogP contribution in [0.1, 0.15) is 12.0 Å². The molecule has 0 aromatic heterocycles. The van der Waals surface area contributed by atoms with Gasteiger partial charge in [0.05, 0.1) is 26.4 Å². The standard InChI is InChI=1S/C13H20O4/c1-15-10-12(14)7-8-17-9-11-3-5-13(16-2)6-4-11/h3-6,12,14H,7-10H2,1-2H3/t12-/m1/s1. The van der Waals surface area contributed by atoms with E-state index in [2.05, 4.69) is 0 Å². The van der Waals surface area contributed by atoms with Crippen LogP contribution < -0.4 is 4.74 Å². The molecule has 4 heteroatoms. The Kier molecular flexibility index (Phi) is 6.62. The van der Waals surface area contributed by atoms with Crippen molar-refractivity contribution < 1.29 is 19.3 Å². The second-order valence-electron chi connectivity index (χ2n) is 3.80. The van der Waals surface area contributed by atoms with Gasteiger partial charge in [0.2, 0.25) is 0 Å². The molecule has 1 aromatic rings. The van der Waals surface area contributed by atoms with Gasteiger partial charge in [-0.25, -0.2) is 0 Å². The Hall–Kier alpha value is -1.10. The van der Waals surface area contributed by atoms with Crippen molar-refractivity contribution in [1.82, 2.24) is 0 Å². The zero-order valence-corrected chi connectivity index (χ0v) is 10.4. The van der Waals surface area contributed by atoms with Gasteiger partial charge in [0.25, 0.3) is 0 Å². The van der Waals surface area contributed by atoms with E-state index in [0.717, 1.165) is 11.3 Å². The van der Waals surface area contributed by atoms with Crippen molar-refractivity contribution in [2.24, 2.45) is 0 Å². The third kappa shape index (κ3) is 5.68. The molecule has 96 valence electrons. The first kappa shape index (κ1) is 14.0. The number of methoxy groups -OCH3 is 2. The molecule has 0 saturated heterocycles. The minimum absolute atomic E-state index is 0.353. The summed E-state index contributed by atoms with van der Waals surface area (Å²) in [7, 11) is 3.21. The van der Waals surface area contributed by atoms with Crippen LogP contribution in [-0.4, -0.2) is 38.6 Å². The number of aliphatic hydroxyl groups excluding tert-OH is 1. The van der Waals surface area contributed by atoms with Gasteiger partial charge >= 0.3 is 0 Å². The van der Waals surface area contributed by atoms with Crippen LogP contribution in [0.2, 0.25) is 0 Å². The third-order valence-corrected chi connectivity index (χ3v) is 2.38. The first-order valence-corrected chi connectivity index (χ1v) is 5.64. The quantitative estimate of drug-likeness (QED) is 0.701. The normalized spacial score (nSPS) is 12.4. The Morgan fingerprint density at radius 1 is 1.18 bits per heavy atom. The molecule has 0 aliphatic rings. The number of ether oxygens (including phenoxy) is 3. The minimum atomic E-state index is -0.448. The molecule has 0 spiro atoms. The maximum absolute atomic E-state index is 9.39. The summed E-state index contributed by atoms with van der Waals surface area (Å²) in [5.74, 6) is 0.837. The lowest BCUT2D eigenvalue weighted by molar-refractivity contribution is 0.0282. The van der Waals surface area contributed by atoms with Crippen LogP contribution in [0.15, 0.2) is 24.3 Å². The predicted octanol–water partition coefficient (Wildman–Crippen LogP) is 1.61. The second kappa shape index (κ2) is 8.06. The summed E-state index contributed by atoms with van der Waals surface area (Å²) >= 11 is 0. The van der Waals surface area contributed by atoms with Gasteiger partial charge in [-0.2, -0.15) is 0 Å². The van der Waals surface area contributed by atoms with Crippen molar-refractivity contribution in [1.29, 1.82) is 0 Å². The highest BCUT2D eigenvalue weighted by Crippen LogP contribution is 2.12. The van der Waals surface area contributed by atoms with E-state index in [1.165, 1.54) is 0 Å². The molecule has 0 radical (unpaired) electrons. The molecule has 4 nitrogen and oxygen atoms in total. The van der Waals surface area contributed by atoms with Crippen LogP contribution in [0, 0.1) is 0 Å². The summed E-state index contributed by atoms with van der Waals surface area (Å²) in [6.45, 7) is 1.42. The highest BCUT2D eigenvalue weighted by Gasteiger charge is 2.02. The number of rotatable bonds is 8. The summed E-state index contributed by atoms with van der Waals surface area (Å²) < 4.78 is 15.3. The van der Waals surface area contributed by atoms with Crippen molar-refractivity contribution in [3.05, 3.63) is 29.8 Å². The molecule has 0 aliphatic carbocycles. The third-order valence-electron chi connectivity index (χ3n) is 2.38. The summed E-state index contributed by atoms with van der Waals surface area (Å²) in [5, 5.41) is 9.39. The number of hydrogen-bond acceptors (Lipinski definition) is 4. The molecule has 0 aliphatic heterocycles. The van der Waals surface area contributed by atoms with Gasteiger partial charge in [0, 0.05) is 13.7 Å². The van der Waals surface area contributed by atoms with Crippen molar-refractivity contribution in [2.75, 3.05) is 27.4 Å². The van der Waals surface area contributed by atoms with Crippen molar-refractivity contribution in [3.63, 3.8) is 0 Å². The molecule has 17 heavy (non-hydrogen) atoms. The average molecular weight is 240 g/mol. The molecule has 0 heterocycles. The van der Waals surface area contributed by atoms with Crippen molar-refractivity contribution in [3.8, 4) is 5.75 Å². The highest BCUT2D eigenvalue weighted by atomic mass is 16.5. The van der Waals surface area contributed by atoms with E-state index in [0.29, 0.717) is 26.2 Å². The fourth-order valence-corrected chi connectivity index (χ4v) is 1.41. The highest BCUT2D eigenvalue weighted by molar-refractivity contribution is 5.26. The van der Waals surface area contributed by atoms with Gasteiger partial charge in [0.15, 0.2) is 0 Å². The van der Waals surface area contributed by atoms with Crippen LogP contribution in [0.4, 0.5) is 0 Å². The van der Waals surface area contributed by atoms with Crippen LogP contribution in [0.5, 0.6) is 5.75 Å². The minimum Gasteiger partial charge on any atom is -0.497 e. The fraction of sp³-hybridized carbons (Fsp3) is 0.538. The maximum atomic E-state index is 9.39. The smallest absolute Gasteiger partial charge is 0.118 e. The number of hydrogen-bond donors (Lipinski definition) is 1. The molecular weight excluding hydrogens is 220 g/mol. The van der Waals surface area contributed by atoms with Crippen LogP contribution in [-0.2, 0) is 16.1 Å². The van der Waals surface area contributed by atoms with Gasteiger partial charge in [-0.1, -0.05) is 12.1 Å². The van der Waals surface area contributed by atoms with Gasteiger partial charge < -0.3 is 19.3 Å². The van der Waals surface area contributed by atoms with E-state index >= 15 is 0 Å². The summed E-state index contributed by atoms with van der Waals surface area (Å²) in [6.07, 6.45) is 0.139. The van der Waals surface area contributed by atoms with E-state index in [9.17, 15) is 5.11 Å². The van der Waals surface area contributed by atoms with Crippen molar-refractivity contribution >= 4 is 0 Å². The first-order valence-electron chi connectivity index (χ1n) is 5.64. The summed E-state index contributed by atoms with van der Waals surface area (Å²) in [5.41, 5.74) is 1.09. The van der Waals surface area contributed by atoms with Gasteiger partial charge in [0.1, 0.15) is 5.75 Å². The van der Waals surface area contributed by atoms with Gasteiger partial charge in [-0.15, -0.1) is 0 Å². The Labute approximate surface area is 102 Å².